The number of benzene rings is 1. The number of carbonyl (C=O) groups excluding carboxylic acids is 1. The minimum absolute atomic E-state index is 0.0422. The Hall–Kier alpha value is -1.47. The van der Waals surface area contributed by atoms with Crippen LogP contribution in [0.4, 0.5) is 4.39 Å². The molecule has 7 heteroatoms. The lowest BCUT2D eigenvalue weighted by Gasteiger charge is -2.26. The smallest absolute Gasteiger partial charge is 0.224 e. The monoisotopic (exact) mass is 314 g/mol. The van der Waals surface area contributed by atoms with Gasteiger partial charge in [-0.2, -0.15) is 0 Å². The molecule has 116 valence electrons. The van der Waals surface area contributed by atoms with Gasteiger partial charge in [-0.1, -0.05) is 18.2 Å². The maximum Gasteiger partial charge on any atom is 0.224 e. The van der Waals surface area contributed by atoms with Crippen molar-refractivity contribution in [2.45, 2.75) is 19.3 Å². The van der Waals surface area contributed by atoms with Gasteiger partial charge < -0.3 is 5.32 Å². The number of amides is 1. The highest BCUT2D eigenvalue weighted by atomic mass is 32.2. The van der Waals surface area contributed by atoms with Gasteiger partial charge in [0, 0.05) is 19.6 Å². The molecule has 1 aliphatic heterocycles. The number of nitrogens with one attached hydrogen (secondary N) is 1. The van der Waals surface area contributed by atoms with Gasteiger partial charge >= 0.3 is 0 Å². The molecule has 1 fully saturated rings. The quantitative estimate of drug-likeness (QED) is 0.878. The van der Waals surface area contributed by atoms with E-state index in [0.29, 0.717) is 18.5 Å². The van der Waals surface area contributed by atoms with Crippen LogP contribution >= 0.6 is 0 Å². The Morgan fingerprint density at radius 1 is 1.29 bits per heavy atom. The third-order valence-corrected chi connectivity index (χ3v) is 5.40. The fourth-order valence-electron chi connectivity index (χ4n) is 2.29. The van der Waals surface area contributed by atoms with Gasteiger partial charge in [0.25, 0.3) is 0 Å². The summed E-state index contributed by atoms with van der Waals surface area (Å²) in [4.78, 5) is 11.7. The number of nitrogens with zero attached hydrogens (tertiary/aromatic N) is 1. The molecular weight excluding hydrogens is 295 g/mol. The van der Waals surface area contributed by atoms with E-state index in [2.05, 4.69) is 5.32 Å². The average Bonchev–Trinajstić information content (AvgIpc) is 2.43. The average molecular weight is 314 g/mol. The predicted octanol–water partition coefficient (Wildman–Crippen LogP) is 0.910. The number of hydrogen-bond donors (Lipinski definition) is 1. The zero-order valence-electron chi connectivity index (χ0n) is 11.7. The maximum atomic E-state index is 13.4. The molecule has 0 saturated carbocycles. The number of rotatable bonds is 5. The van der Waals surface area contributed by atoms with Crippen molar-refractivity contribution in [2.24, 2.45) is 0 Å². The number of carbonyl (C=O) groups is 1. The van der Waals surface area contributed by atoms with Crippen LogP contribution in [0.15, 0.2) is 24.3 Å². The zero-order chi connectivity index (χ0) is 15.3. The second-order valence-corrected chi connectivity index (χ2v) is 7.13. The summed E-state index contributed by atoms with van der Waals surface area (Å²) in [5, 5.41) is 2.63. The summed E-state index contributed by atoms with van der Waals surface area (Å²) in [7, 11) is -3.17. The molecule has 0 aliphatic carbocycles. The van der Waals surface area contributed by atoms with E-state index >= 15 is 0 Å². The van der Waals surface area contributed by atoms with Gasteiger partial charge in [-0.25, -0.2) is 17.1 Å². The highest BCUT2D eigenvalue weighted by Gasteiger charge is 2.25. The second kappa shape index (κ2) is 7.00. The Morgan fingerprint density at radius 3 is 2.76 bits per heavy atom. The van der Waals surface area contributed by atoms with Crippen molar-refractivity contribution in [3.8, 4) is 0 Å². The molecule has 1 heterocycles. The van der Waals surface area contributed by atoms with Gasteiger partial charge in [0.05, 0.1) is 12.2 Å². The summed E-state index contributed by atoms with van der Waals surface area (Å²) in [6.07, 6.45) is 1.50. The Morgan fingerprint density at radius 2 is 2.05 bits per heavy atom. The van der Waals surface area contributed by atoms with Gasteiger partial charge in [0.15, 0.2) is 0 Å². The molecule has 5 nitrogen and oxygen atoms in total. The number of halogens is 1. The lowest BCUT2D eigenvalue weighted by Crippen LogP contribution is -2.42. The van der Waals surface area contributed by atoms with Crippen LogP contribution in [0, 0.1) is 5.82 Å². The van der Waals surface area contributed by atoms with Gasteiger partial charge in [-0.15, -0.1) is 0 Å². The molecule has 1 aromatic carbocycles. The molecule has 0 aromatic heterocycles. The van der Waals surface area contributed by atoms with E-state index in [1.54, 1.807) is 18.2 Å². The van der Waals surface area contributed by atoms with E-state index in [0.717, 1.165) is 6.42 Å². The molecule has 1 aliphatic rings. The van der Waals surface area contributed by atoms with Crippen LogP contribution in [-0.2, 0) is 21.2 Å². The van der Waals surface area contributed by atoms with Crippen molar-refractivity contribution in [3.63, 3.8) is 0 Å². The van der Waals surface area contributed by atoms with Crippen molar-refractivity contribution in [1.82, 2.24) is 9.62 Å². The van der Waals surface area contributed by atoms with Crippen LogP contribution in [0.5, 0.6) is 0 Å². The topological polar surface area (TPSA) is 66.5 Å². The van der Waals surface area contributed by atoms with Gasteiger partial charge in [0.1, 0.15) is 5.82 Å². The molecule has 2 rings (SSSR count). The van der Waals surface area contributed by atoms with Crippen molar-refractivity contribution in [1.29, 1.82) is 0 Å². The van der Waals surface area contributed by atoms with E-state index in [1.807, 2.05) is 0 Å². The second-order valence-electron chi connectivity index (χ2n) is 5.04. The van der Waals surface area contributed by atoms with Crippen LogP contribution in [0.2, 0.25) is 0 Å². The SMILES string of the molecule is O=C(Cc1ccccc1F)NCCN1CCCCS1(=O)=O. The van der Waals surface area contributed by atoms with Crippen LogP contribution in [0.1, 0.15) is 18.4 Å². The molecule has 21 heavy (non-hydrogen) atoms. The van der Waals surface area contributed by atoms with E-state index in [1.165, 1.54) is 10.4 Å². The van der Waals surface area contributed by atoms with Crippen LogP contribution in [-0.4, -0.2) is 44.0 Å². The zero-order valence-corrected chi connectivity index (χ0v) is 12.5. The molecule has 0 bridgehead atoms. The van der Waals surface area contributed by atoms with E-state index in [4.69, 9.17) is 0 Å². The summed E-state index contributed by atoms with van der Waals surface area (Å²) >= 11 is 0. The molecule has 0 atom stereocenters. The van der Waals surface area contributed by atoms with Crippen molar-refractivity contribution in [3.05, 3.63) is 35.6 Å². The summed E-state index contributed by atoms with van der Waals surface area (Å²) in [5.41, 5.74) is 0.334. The van der Waals surface area contributed by atoms with Gasteiger partial charge in [-0.3, -0.25) is 4.79 Å². The van der Waals surface area contributed by atoms with Crippen LogP contribution in [0.3, 0.4) is 0 Å². The minimum atomic E-state index is -3.17. The molecule has 1 aromatic rings. The molecule has 0 unspecified atom stereocenters. The Labute approximate surface area is 124 Å². The lowest BCUT2D eigenvalue weighted by atomic mass is 10.1. The Bertz CT molecular complexity index is 604. The van der Waals surface area contributed by atoms with Gasteiger partial charge in [-0.05, 0) is 24.5 Å². The van der Waals surface area contributed by atoms with Crippen LogP contribution in [0.25, 0.3) is 0 Å². The minimum Gasteiger partial charge on any atom is -0.354 e. The lowest BCUT2D eigenvalue weighted by molar-refractivity contribution is -0.120. The largest absolute Gasteiger partial charge is 0.354 e. The Balaban J connectivity index is 1.78. The maximum absolute atomic E-state index is 13.4. The fourth-order valence-corrected chi connectivity index (χ4v) is 3.89. The molecule has 1 saturated heterocycles. The van der Waals surface area contributed by atoms with Crippen molar-refractivity contribution in [2.75, 3.05) is 25.4 Å². The summed E-state index contributed by atoms with van der Waals surface area (Å²) in [5.74, 6) is -0.545. The first-order valence-electron chi connectivity index (χ1n) is 6.97. The Kier molecular flexibility index (Phi) is 5.30. The van der Waals surface area contributed by atoms with E-state index in [9.17, 15) is 17.6 Å². The summed E-state index contributed by atoms with van der Waals surface area (Å²) in [6.45, 7) is 1.02. The highest BCUT2D eigenvalue weighted by Crippen LogP contribution is 2.12. The number of hydrogen-bond acceptors (Lipinski definition) is 3. The normalized spacial score (nSPS) is 18.3. The highest BCUT2D eigenvalue weighted by molar-refractivity contribution is 7.89. The van der Waals surface area contributed by atoms with Crippen LogP contribution < -0.4 is 5.32 Å². The van der Waals surface area contributed by atoms with Crippen molar-refractivity contribution >= 4 is 15.9 Å². The molecule has 1 N–H and O–H groups in total. The standard InChI is InChI=1S/C14H19FN2O3S/c15-13-6-2-1-5-12(13)11-14(18)16-7-9-17-8-3-4-10-21(17,19)20/h1-2,5-6H,3-4,7-11H2,(H,16,18). The molecule has 1 amide bonds. The first kappa shape index (κ1) is 15.9. The van der Waals surface area contributed by atoms with E-state index < -0.39 is 15.8 Å². The number of sulfonamides is 1. The first-order valence-corrected chi connectivity index (χ1v) is 8.58. The summed E-state index contributed by atoms with van der Waals surface area (Å²) < 4.78 is 38.3. The predicted molar refractivity (Wildman–Crippen MR) is 77.7 cm³/mol. The fraction of sp³-hybridized carbons (Fsp3) is 0.500. The van der Waals surface area contributed by atoms with E-state index in [-0.39, 0.29) is 31.2 Å². The molecule has 0 spiro atoms. The van der Waals surface area contributed by atoms with Gasteiger partial charge in [0.2, 0.25) is 15.9 Å². The molecule has 0 radical (unpaired) electrons. The first-order chi connectivity index (χ1) is 9.99. The molecular formula is C14H19FN2O3S. The summed E-state index contributed by atoms with van der Waals surface area (Å²) in [6, 6.07) is 6.11. The third-order valence-electron chi connectivity index (χ3n) is 3.45. The van der Waals surface area contributed by atoms with Crippen molar-refractivity contribution < 1.29 is 17.6 Å². The third kappa shape index (κ3) is 4.50.